The summed E-state index contributed by atoms with van der Waals surface area (Å²) in [7, 11) is 0. The number of hydrogen-bond donors (Lipinski definition) is 0. The van der Waals surface area contributed by atoms with E-state index < -0.39 is 0 Å². The molecule has 0 aromatic heterocycles. The Balaban J connectivity index is 1.96. The fourth-order valence-corrected chi connectivity index (χ4v) is 3.57. The molecular weight excluding hydrogens is 352 g/mol. The Hall–Kier alpha value is -2.52. The molecule has 0 atom stereocenters. The third-order valence-electron chi connectivity index (χ3n) is 3.80. The highest BCUT2D eigenvalue weighted by molar-refractivity contribution is 7.98. The Morgan fingerprint density at radius 1 is 0.462 bits per heavy atom. The Kier molecular flexibility index (Phi) is 6.50. The van der Waals surface area contributed by atoms with Crippen LogP contribution in [0.15, 0.2) is 82.6 Å². The standard InChI is InChI=1S/C24H18S2/c1-25-23-13-7-5-11-21(23)17-15-19-9-3-4-10-20(19)16-18-22-12-6-8-14-24(22)26-2/h3-14H,1-2H3. The summed E-state index contributed by atoms with van der Waals surface area (Å²) in [6.07, 6.45) is 4.15. The Morgan fingerprint density at radius 2 is 0.769 bits per heavy atom. The summed E-state index contributed by atoms with van der Waals surface area (Å²) in [4.78, 5) is 2.38. The predicted octanol–water partition coefficient (Wildman–Crippen LogP) is 5.93. The number of benzene rings is 3. The third kappa shape index (κ3) is 4.55. The Bertz CT molecular complexity index is 942. The van der Waals surface area contributed by atoms with Crippen molar-refractivity contribution in [1.29, 1.82) is 0 Å². The molecule has 0 nitrogen and oxygen atoms in total. The first kappa shape index (κ1) is 18.3. The van der Waals surface area contributed by atoms with Gasteiger partial charge >= 0.3 is 0 Å². The van der Waals surface area contributed by atoms with Crippen molar-refractivity contribution >= 4 is 23.5 Å². The second-order valence-corrected chi connectivity index (χ2v) is 7.14. The van der Waals surface area contributed by atoms with Gasteiger partial charge in [0.2, 0.25) is 0 Å². The molecule has 0 saturated heterocycles. The summed E-state index contributed by atoms with van der Waals surface area (Å²) < 4.78 is 0. The highest BCUT2D eigenvalue weighted by Gasteiger charge is 1.99. The predicted molar refractivity (Wildman–Crippen MR) is 115 cm³/mol. The molecule has 3 aromatic rings. The average Bonchev–Trinajstić information content (AvgIpc) is 2.71. The lowest BCUT2D eigenvalue weighted by molar-refractivity contribution is 1.41. The van der Waals surface area contributed by atoms with Crippen LogP contribution in [0.1, 0.15) is 22.3 Å². The van der Waals surface area contributed by atoms with Gasteiger partial charge in [-0.15, -0.1) is 23.5 Å². The molecule has 3 aromatic carbocycles. The van der Waals surface area contributed by atoms with E-state index in [1.54, 1.807) is 23.5 Å². The van der Waals surface area contributed by atoms with Gasteiger partial charge in [0, 0.05) is 32.0 Å². The second-order valence-electron chi connectivity index (χ2n) is 5.45. The minimum absolute atomic E-state index is 0.956. The van der Waals surface area contributed by atoms with Crippen LogP contribution in [0.2, 0.25) is 0 Å². The van der Waals surface area contributed by atoms with Crippen LogP contribution in [0.4, 0.5) is 0 Å². The molecule has 126 valence electrons. The van der Waals surface area contributed by atoms with Crippen molar-refractivity contribution in [3.63, 3.8) is 0 Å². The molecule has 0 radical (unpaired) electrons. The first-order valence-electron chi connectivity index (χ1n) is 8.21. The number of rotatable bonds is 2. The van der Waals surface area contributed by atoms with Gasteiger partial charge in [0.15, 0.2) is 0 Å². The van der Waals surface area contributed by atoms with E-state index in [1.807, 2.05) is 48.5 Å². The molecule has 0 aliphatic carbocycles. The fraction of sp³-hybridized carbons (Fsp3) is 0.0833. The molecule has 0 spiro atoms. The van der Waals surface area contributed by atoms with E-state index >= 15 is 0 Å². The van der Waals surface area contributed by atoms with Crippen molar-refractivity contribution in [3.05, 3.63) is 95.1 Å². The van der Waals surface area contributed by atoms with E-state index in [0.29, 0.717) is 0 Å². The highest BCUT2D eigenvalue weighted by atomic mass is 32.2. The van der Waals surface area contributed by atoms with Gasteiger partial charge in [0.25, 0.3) is 0 Å². The SMILES string of the molecule is CSc1ccccc1C#Cc1ccccc1C#Cc1ccccc1SC. The van der Waals surface area contributed by atoms with Gasteiger partial charge in [-0.2, -0.15) is 0 Å². The average molecular weight is 371 g/mol. The highest BCUT2D eigenvalue weighted by Crippen LogP contribution is 2.20. The summed E-state index contributed by atoms with van der Waals surface area (Å²) in [5, 5.41) is 0. The summed E-state index contributed by atoms with van der Waals surface area (Å²) >= 11 is 3.43. The molecule has 0 saturated carbocycles. The zero-order valence-electron chi connectivity index (χ0n) is 14.7. The van der Waals surface area contributed by atoms with E-state index in [1.165, 1.54) is 9.79 Å². The minimum Gasteiger partial charge on any atom is -0.128 e. The van der Waals surface area contributed by atoms with Crippen LogP contribution >= 0.6 is 23.5 Å². The maximum Gasteiger partial charge on any atom is 0.0405 e. The zero-order valence-corrected chi connectivity index (χ0v) is 16.4. The third-order valence-corrected chi connectivity index (χ3v) is 5.40. The van der Waals surface area contributed by atoms with Crippen molar-refractivity contribution in [2.24, 2.45) is 0 Å². The van der Waals surface area contributed by atoms with Gasteiger partial charge in [-0.1, -0.05) is 60.1 Å². The van der Waals surface area contributed by atoms with Gasteiger partial charge < -0.3 is 0 Å². The minimum atomic E-state index is 0.956. The molecule has 0 fully saturated rings. The fourth-order valence-electron chi connectivity index (χ4n) is 2.47. The maximum atomic E-state index is 3.30. The van der Waals surface area contributed by atoms with Crippen LogP contribution in [0, 0.1) is 23.7 Å². The zero-order chi connectivity index (χ0) is 18.2. The summed E-state index contributed by atoms with van der Waals surface area (Å²) in [6.45, 7) is 0. The number of hydrogen-bond acceptors (Lipinski definition) is 2. The molecule has 2 heteroatoms. The largest absolute Gasteiger partial charge is 0.128 e. The molecule has 0 unspecified atom stereocenters. The molecule has 26 heavy (non-hydrogen) atoms. The van der Waals surface area contributed by atoms with E-state index in [4.69, 9.17) is 0 Å². The van der Waals surface area contributed by atoms with Gasteiger partial charge in [-0.3, -0.25) is 0 Å². The van der Waals surface area contributed by atoms with Gasteiger partial charge in [-0.25, -0.2) is 0 Å². The van der Waals surface area contributed by atoms with Gasteiger partial charge in [-0.05, 0) is 48.9 Å². The van der Waals surface area contributed by atoms with E-state index in [2.05, 4.69) is 60.5 Å². The summed E-state index contributed by atoms with van der Waals surface area (Å²) in [6, 6.07) is 24.5. The molecule has 0 aliphatic rings. The Morgan fingerprint density at radius 3 is 1.15 bits per heavy atom. The van der Waals surface area contributed by atoms with Crippen LogP contribution in [0.3, 0.4) is 0 Å². The molecule has 0 bridgehead atoms. The molecule has 0 heterocycles. The first-order valence-corrected chi connectivity index (χ1v) is 10.7. The Labute approximate surface area is 164 Å². The van der Waals surface area contributed by atoms with Crippen molar-refractivity contribution < 1.29 is 0 Å². The summed E-state index contributed by atoms with van der Waals surface area (Å²) in [5.74, 6) is 13.2. The van der Waals surface area contributed by atoms with Gasteiger partial charge in [0.1, 0.15) is 0 Å². The van der Waals surface area contributed by atoms with Crippen molar-refractivity contribution in [2.75, 3.05) is 12.5 Å². The topological polar surface area (TPSA) is 0 Å². The molecule has 0 amide bonds. The molecule has 0 aliphatic heterocycles. The van der Waals surface area contributed by atoms with E-state index in [9.17, 15) is 0 Å². The summed E-state index contributed by atoms with van der Waals surface area (Å²) in [5.41, 5.74) is 4.01. The van der Waals surface area contributed by atoms with Crippen LogP contribution in [0.5, 0.6) is 0 Å². The van der Waals surface area contributed by atoms with Crippen molar-refractivity contribution in [3.8, 4) is 23.7 Å². The van der Waals surface area contributed by atoms with Crippen molar-refractivity contribution in [2.45, 2.75) is 9.79 Å². The van der Waals surface area contributed by atoms with E-state index in [-0.39, 0.29) is 0 Å². The van der Waals surface area contributed by atoms with Crippen LogP contribution in [-0.2, 0) is 0 Å². The van der Waals surface area contributed by atoms with E-state index in [0.717, 1.165) is 22.3 Å². The lowest BCUT2D eigenvalue weighted by Crippen LogP contribution is -1.85. The molecule has 0 N–H and O–H groups in total. The first-order chi connectivity index (χ1) is 12.8. The van der Waals surface area contributed by atoms with Crippen molar-refractivity contribution in [1.82, 2.24) is 0 Å². The normalized spacial score (nSPS) is 9.62. The second kappa shape index (κ2) is 9.25. The maximum absolute atomic E-state index is 3.30. The monoisotopic (exact) mass is 370 g/mol. The molecular formula is C24H18S2. The smallest absolute Gasteiger partial charge is 0.0405 e. The van der Waals surface area contributed by atoms with Crippen LogP contribution < -0.4 is 0 Å². The molecule has 3 rings (SSSR count). The quantitative estimate of drug-likeness (QED) is 0.405. The van der Waals surface area contributed by atoms with Crippen LogP contribution in [0.25, 0.3) is 0 Å². The number of thioether (sulfide) groups is 2. The van der Waals surface area contributed by atoms with Gasteiger partial charge in [0.05, 0.1) is 0 Å². The lowest BCUT2D eigenvalue weighted by Gasteiger charge is -2.00. The van der Waals surface area contributed by atoms with Crippen LogP contribution in [-0.4, -0.2) is 12.5 Å². The lowest BCUT2D eigenvalue weighted by atomic mass is 10.1.